The highest BCUT2D eigenvalue weighted by molar-refractivity contribution is 7.90. The van der Waals surface area contributed by atoms with Gasteiger partial charge in [0, 0.05) is 17.3 Å². The minimum absolute atomic E-state index is 0.0671. The molecule has 0 aliphatic rings. The van der Waals surface area contributed by atoms with Gasteiger partial charge in [-0.1, -0.05) is 6.92 Å². The van der Waals surface area contributed by atoms with Gasteiger partial charge in [0.05, 0.1) is 0 Å². The van der Waals surface area contributed by atoms with E-state index in [2.05, 4.69) is 4.98 Å². The Hall–Kier alpha value is -0.420. The minimum Gasteiger partial charge on any atom is -0.248 e. The van der Waals surface area contributed by atoms with Crippen molar-refractivity contribution >= 4 is 21.2 Å². The first-order valence-corrected chi connectivity index (χ1v) is 6.50. The standard InChI is InChI=1S/C7H11NO2S2/c1-3-6-4-8-7(11-6)5-12(2,9)10/h4H,3,5H2,1-2H3. The van der Waals surface area contributed by atoms with Crippen molar-refractivity contribution in [1.29, 1.82) is 0 Å². The summed E-state index contributed by atoms with van der Waals surface area (Å²) in [5.74, 6) is 0.0671. The monoisotopic (exact) mass is 205 g/mol. The van der Waals surface area contributed by atoms with Crippen LogP contribution in [-0.2, 0) is 22.0 Å². The van der Waals surface area contributed by atoms with Crippen LogP contribution in [0.5, 0.6) is 0 Å². The number of sulfone groups is 1. The Morgan fingerprint density at radius 2 is 2.25 bits per heavy atom. The Morgan fingerprint density at radius 1 is 1.58 bits per heavy atom. The predicted octanol–water partition coefficient (Wildman–Crippen LogP) is 1.25. The Morgan fingerprint density at radius 3 is 2.67 bits per heavy atom. The highest BCUT2D eigenvalue weighted by Crippen LogP contribution is 2.15. The molecule has 0 saturated heterocycles. The summed E-state index contributed by atoms with van der Waals surface area (Å²) in [4.78, 5) is 5.14. The molecule has 12 heavy (non-hydrogen) atoms. The lowest BCUT2D eigenvalue weighted by molar-refractivity contribution is 0.601. The van der Waals surface area contributed by atoms with E-state index in [0.717, 1.165) is 11.3 Å². The van der Waals surface area contributed by atoms with Crippen molar-refractivity contribution in [3.63, 3.8) is 0 Å². The Balaban J connectivity index is 2.78. The highest BCUT2D eigenvalue weighted by atomic mass is 32.2. The number of hydrogen-bond acceptors (Lipinski definition) is 4. The molecule has 1 aromatic rings. The van der Waals surface area contributed by atoms with Crippen LogP contribution in [0, 0.1) is 0 Å². The molecule has 68 valence electrons. The van der Waals surface area contributed by atoms with Crippen LogP contribution in [0.1, 0.15) is 16.8 Å². The summed E-state index contributed by atoms with van der Waals surface area (Å²) in [6, 6.07) is 0. The fourth-order valence-corrected chi connectivity index (χ4v) is 2.86. The average molecular weight is 205 g/mol. The van der Waals surface area contributed by atoms with Crippen LogP contribution in [0.4, 0.5) is 0 Å². The van der Waals surface area contributed by atoms with Crippen LogP contribution in [0.25, 0.3) is 0 Å². The lowest BCUT2D eigenvalue weighted by Gasteiger charge is -1.90. The van der Waals surface area contributed by atoms with Crippen LogP contribution < -0.4 is 0 Å². The van der Waals surface area contributed by atoms with E-state index in [1.165, 1.54) is 17.6 Å². The molecule has 0 amide bonds. The van der Waals surface area contributed by atoms with Gasteiger partial charge in [0.1, 0.15) is 10.8 Å². The zero-order valence-electron chi connectivity index (χ0n) is 7.07. The normalized spacial score (nSPS) is 11.8. The molecule has 0 saturated carbocycles. The molecule has 0 aromatic carbocycles. The van der Waals surface area contributed by atoms with E-state index in [9.17, 15) is 8.42 Å². The van der Waals surface area contributed by atoms with Gasteiger partial charge >= 0.3 is 0 Å². The van der Waals surface area contributed by atoms with E-state index >= 15 is 0 Å². The summed E-state index contributed by atoms with van der Waals surface area (Å²) in [6.07, 6.45) is 3.88. The fourth-order valence-electron chi connectivity index (χ4n) is 0.803. The number of aryl methyl sites for hydroxylation is 1. The number of rotatable bonds is 3. The van der Waals surface area contributed by atoms with E-state index in [4.69, 9.17) is 0 Å². The molecule has 0 aliphatic carbocycles. The van der Waals surface area contributed by atoms with Crippen molar-refractivity contribution in [2.24, 2.45) is 0 Å². The molecule has 1 rings (SSSR count). The molecule has 0 bridgehead atoms. The molecule has 0 spiro atoms. The third-order valence-electron chi connectivity index (χ3n) is 1.34. The van der Waals surface area contributed by atoms with Gasteiger partial charge < -0.3 is 0 Å². The van der Waals surface area contributed by atoms with Gasteiger partial charge in [-0.2, -0.15) is 0 Å². The fraction of sp³-hybridized carbons (Fsp3) is 0.571. The van der Waals surface area contributed by atoms with Gasteiger partial charge in [-0.25, -0.2) is 13.4 Å². The lowest BCUT2D eigenvalue weighted by Crippen LogP contribution is -1.99. The summed E-state index contributed by atoms with van der Waals surface area (Å²) in [7, 11) is -2.92. The smallest absolute Gasteiger partial charge is 0.153 e. The summed E-state index contributed by atoms with van der Waals surface area (Å²) in [5.41, 5.74) is 0. The molecule has 0 radical (unpaired) electrons. The molecule has 0 fully saturated rings. The highest BCUT2D eigenvalue weighted by Gasteiger charge is 2.07. The second kappa shape index (κ2) is 3.53. The van der Waals surface area contributed by atoms with Crippen molar-refractivity contribution in [2.75, 3.05) is 6.26 Å². The third-order valence-corrected chi connectivity index (χ3v) is 3.46. The van der Waals surface area contributed by atoms with Crippen LogP contribution in [0.2, 0.25) is 0 Å². The maximum atomic E-state index is 10.9. The number of nitrogens with zero attached hydrogens (tertiary/aromatic N) is 1. The molecule has 1 heterocycles. The molecule has 5 heteroatoms. The maximum Gasteiger partial charge on any atom is 0.153 e. The van der Waals surface area contributed by atoms with Crippen LogP contribution >= 0.6 is 11.3 Å². The molecular formula is C7H11NO2S2. The molecule has 0 aliphatic heterocycles. The zero-order chi connectivity index (χ0) is 9.19. The van der Waals surface area contributed by atoms with Crippen molar-refractivity contribution in [3.8, 4) is 0 Å². The molecular weight excluding hydrogens is 194 g/mol. The number of thiazole rings is 1. The molecule has 1 aromatic heterocycles. The zero-order valence-corrected chi connectivity index (χ0v) is 8.70. The molecule has 0 unspecified atom stereocenters. The van der Waals surface area contributed by atoms with E-state index in [1.54, 1.807) is 6.20 Å². The first-order valence-electron chi connectivity index (χ1n) is 3.62. The van der Waals surface area contributed by atoms with Gasteiger partial charge in [-0.05, 0) is 6.42 Å². The van der Waals surface area contributed by atoms with Crippen LogP contribution in [0.15, 0.2) is 6.20 Å². The first kappa shape index (κ1) is 9.67. The number of hydrogen-bond donors (Lipinski definition) is 0. The molecule has 3 nitrogen and oxygen atoms in total. The number of aromatic nitrogens is 1. The maximum absolute atomic E-state index is 10.9. The second-order valence-corrected chi connectivity index (χ2v) is 5.98. The van der Waals surface area contributed by atoms with Gasteiger partial charge in [0.2, 0.25) is 0 Å². The topological polar surface area (TPSA) is 47.0 Å². The SMILES string of the molecule is CCc1cnc(CS(C)(=O)=O)s1. The first-order chi connectivity index (χ1) is 5.51. The van der Waals surface area contributed by atoms with E-state index in [-0.39, 0.29) is 5.75 Å². The Labute approximate surface area is 76.4 Å². The van der Waals surface area contributed by atoms with Gasteiger partial charge in [0.15, 0.2) is 9.84 Å². The second-order valence-electron chi connectivity index (χ2n) is 2.64. The van der Waals surface area contributed by atoms with Crippen molar-refractivity contribution in [3.05, 3.63) is 16.1 Å². The van der Waals surface area contributed by atoms with E-state index < -0.39 is 9.84 Å². The predicted molar refractivity (Wildman–Crippen MR) is 50.0 cm³/mol. The van der Waals surface area contributed by atoms with Crippen molar-refractivity contribution in [2.45, 2.75) is 19.1 Å². The molecule has 0 atom stereocenters. The van der Waals surface area contributed by atoms with Crippen molar-refractivity contribution in [1.82, 2.24) is 4.98 Å². The summed E-state index contributed by atoms with van der Waals surface area (Å²) >= 11 is 1.47. The van der Waals surface area contributed by atoms with Crippen molar-refractivity contribution < 1.29 is 8.42 Å². The van der Waals surface area contributed by atoms with Crippen LogP contribution in [-0.4, -0.2) is 19.7 Å². The summed E-state index contributed by atoms with van der Waals surface area (Å²) in [5, 5.41) is 0.689. The Kier molecular flexibility index (Phi) is 2.85. The summed E-state index contributed by atoms with van der Waals surface area (Å²) in [6.45, 7) is 2.03. The van der Waals surface area contributed by atoms with E-state index in [1.807, 2.05) is 6.92 Å². The van der Waals surface area contributed by atoms with Crippen LogP contribution in [0.3, 0.4) is 0 Å². The van der Waals surface area contributed by atoms with Gasteiger partial charge in [0.25, 0.3) is 0 Å². The van der Waals surface area contributed by atoms with Gasteiger partial charge in [-0.15, -0.1) is 11.3 Å². The Bertz CT molecular complexity index is 353. The third kappa shape index (κ3) is 2.91. The van der Waals surface area contributed by atoms with Gasteiger partial charge in [-0.3, -0.25) is 0 Å². The largest absolute Gasteiger partial charge is 0.248 e. The minimum atomic E-state index is -2.92. The summed E-state index contributed by atoms with van der Waals surface area (Å²) < 4.78 is 21.7. The molecule has 0 N–H and O–H groups in total. The quantitative estimate of drug-likeness (QED) is 0.746. The van der Waals surface area contributed by atoms with E-state index in [0.29, 0.717) is 5.01 Å². The average Bonchev–Trinajstić information content (AvgIpc) is 2.32. The lowest BCUT2D eigenvalue weighted by atomic mass is 10.4.